The van der Waals surface area contributed by atoms with Crippen molar-refractivity contribution in [3.8, 4) is 28.7 Å². The Morgan fingerprint density at radius 2 is 1.09 bits per heavy atom. The fourth-order valence-corrected chi connectivity index (χ4v) is 2.59. The van der Waals surface area contributed by atoms with Crippen molar-refractivity contribution in [1.82, 2.24) is 0 Å². The molecule has 0 saturated heterocycles. The largest absolute Gasteiger partial charge is 0.507 e. The molecule has 2 aromatic carbocycles. The van der Waals surface area contributed by atoms with Gasteiger partial charge in [0, 0.05) is 6.07 Å². The van der Waals surface area contributed by atoms with E-state index in [0.29, 0.717) is 0 Å². The number of phenolic OH excluding ortho intramolecular Hbond substituents is 5. The first-order valence-corrected chi connectivity index (χ1v) is 6.18. The highest BCUT2D eigenvalue weighted by atomic mass is 16.3. The average molecular weight is 302 g/mol. The quantitative estimate of drug-likeness (QED) is 0.312. The third-order valence-electron chi connectivity index (χ3n) is 3.64. The predicted molar refractivity (Wildman–Crippen MR) is 72.8 cm³/mol. The summed E-state index contributed by atoms with van der Waals surface area (Å²) in [7, 11) is 0. The van der Waals surface area contributed by atoms with Gasteiger partial charge in [0.25, 0.3) is 0 Å². The van der Waals surface area contributed by atoms with Gasteiger partial charge in [-0.15, -0.1) is 0 Å². The van der Waals surface area contributed by atoms with Crippen molar-refractivity contribution in [2.45, 2.75) is 6.92 Å². The van der Waals surface area contributed by atoms with Crippen LogP contribution in [0.15, 0.2) is 12.1 Å². The zero-order valence-electron chi connectivity index (χ0n) is 11.2. The molecule has 0 radical (unpaired) electrons. The Kier molecular flexibility index (Phi) is 2.59. The van der Waals surface area contributed by atoms with Crippen molar-refractivity contribution in [1.29, 1.82) is 0 Å². The van der Waals surface area contributed by atoms with E-state index >= 15 is 0 Å². The number of carbonyl (C=O) groups is 2. The van der Waals surface area contributed by atoms with Crippen molar-refractivity contribution in [2.75, 3.05) is 0 Å². The zero-order valence-corrected chi connectivity index (χ0v) is 11.2. The van der Waals surface area contributed by atoms with Crippen molar-refractivity contribution < 1.29 is 35.1 Å². The fourth-order valence-electron chi connectivity index (χ4n) is 2.59. The summed E-state index contributed by atoms with van der Waals surface area (Å²) in [5.41, 5.74) is -1.92. The monoisotopic (exact) mass is 302 g/mol. The molecule has 0 atom stereocenters. The molecule has 0 amide bonds. The first-order valence-electron chi connectivity index (χ1n) is 6.18. The van der Waals surface area contributed by atoms with Crippen LogP contribution >= 0.6 is 0 Å². The number of aromatic hydroxyl groups is 5. The molecule has 0 unspecified atom stereocenters. The Hall–Kier alpha value is -3.22. The van der Waals surface area contributed by atoms with Gasteiger partial charge in [-0.05, 0) is 18.6 Å². The van der Waals surface area contributed by atoms with Crippen LogP contribution < -0.4 is 0 Å². The van der Waals surface area contributed by atoms with Gasteiger partial charge >= 0.3 is 0 Å². The van der Waals surface area contributed by atoms with E-state index in [0.717, 1.165) is 12.1 Å². The fraction of sp³-hybridized carbons (Fsp3) is 0.0667. The molecule has 0 bridgehead atoms. The summed E-state index contributed by atoms with van der Waals surface area (Å²) >= 11 is 0. The lowest BCUT2D eigenvalue weighted by atomic mass is 9.81. The number of carbonyl (C=O) groups excluding carboxylic acids is 2. The third kappa shape index (κ3) is 1.50. The number of ketones is 2. The summed E-state index contributed by atoms with van der Waals surface area (Å²) in [4.78, 5) is 24.9. The van der Waals surface area contributed by atoms with Gasteiger partial charge in [0.05, 0.1) is 22.3 Å². The minimum Gasteiger partial charge on any atom is -0.507 e. The van der Waals surface area contributed by atoms with Gasteiger partial charge in [-0.25, -0.2) is 0 Å². The summed E-state index contributed by atoms with van der Waals surface area (Å²) in [6, 6.07) is 1.82. The van der Waals surface area contributed by atoms with Gasteiger partial charge < -0.3 is 25.5 Å². The lowest BCUT2D eigenvalue weighted by Crippen LogP contribution is -2.22. The second-order valence-corrected chi connectivity index (χ2v) is 4.98. The van der Waals surface area contributed by atoms with Gasteiger partial charge in [-0.3, -0.25) is 9.59 Å². The number of benzene rings is 2. The maximum Gasteiger partial charge on any atom is 0.202 e. The second kappa shape index (κ2) is 4.14. The predicted octanol–water partition coefficient (Wildman–Crippen LogP) is 1.30. The summed E-state index contributed by atoms with van der Waals surface area (Å²) in [5, 5.41) is 49.1. The molecular weight excluding hydrogens is 292 g/mol. The van der Waals surface area contributed by atoms with Gasteiger partial charge in [0.1, 0.15) is 17.2 Å². The Balaban J connectivity index is 2.49. The molecule has 1 aliphatic rings. The van der Waals surface area contributed by atoms with Crippen LogP contribution in [-0.4, -0.2) is 37.1 Å². The first kappa shape index (κ1) is 13.7. The van der Waals surface area contributed by atoms with Crippen molar-refractivity contribution in [2.24, 2.45) is 0 Å². The van der Waals surface area contributed by atoms with E-state index in [1.165, 1.54) is 6.92 Å². The molecule has 0 heterocycles. The van der Waals surface area contributed by atoms with Gasteiger partial charge in [-0.2, -0.15) is 0 Å². The molecule has 2 aromatic rings. The van der Waals surface area contributed by atoms with E-state index in [1.54, 1.807) is 0 Å². The van der Waals surface area contributed by atoms with Gasteiger partial charge in [0.15, 0.2) is 11.5 Å². The first-order chi connectivity index (χ1) is 10.3. The number of hydrogen-bond donors (Lipinski definition) is 5. The van der Waals surface area contributed by atoms with E-state index in [4.69, 9.17) is 0 Å². The molecule has 7 nitrogen and oxygen atoms in total. The molecule has 7 heteroatoms. The molecule has 1 aliphatic carbocycles. The maximum atomic E-state index is 12.5. The molecule has 0 aliphatic heterocycles. The summed E-state index contributed by atoms with van der Waals surface area (Å²) in [6.07, 6.45) is 0. The highest BCUT2D eigenvalue weighted by Gasteiger charge is 2.39. The number of rotatable bonds is 0. The van der Waals surface area contributed by atoms with Crippen LogP contribution in [0.5, 0.6) is 28.7 Å². The van der Waals surface area contributed by atoms with Crippen LogP contribution in [0, 0.1) is 6.92 Å². The van der Waals surface area contributed by atoms with Crippen LogP contribution in [0.4, 0.5) is 0 Å². The van der Waals surface area contributed by atoms with E-state index in [-0.39, 0.29) is 5.56 Å². The minimum absolute atomic E-state index is 0.170. The topological polar surface area (TPSA) is 135 Å². The Morgan fingerprint density at radius 1 is 0.636 bits per heavy atom. The van der Waals surface area contributed by atoms with E-state index in [9.17, 15) is 35.1 Å². The number of fused-ring (bicyclic) bond motifs is 2. The zero-order chi connectivity index (χ0) is 16.3. The number of phenols is 5. The molecular formula is C15H10O7. The normalized spacial score (nSPS) is 13.0. The van der Waals surface area contributed by atoms with E-state index in [2.05, 4.69) is 0 Å². The third-order valence-corrected chi connectivity index (χ3v) is 3.64. The maximum absolute atomic E-state index is 12.5. The summed E-state index contributed by atoms with van der Waals surface area (Å²) in [6.45, 7) is 1.43. The lowest BCUT2D eigenvalue weighted by molar-refractivity contribution is 0.0968. The molecule has 0 fully saturated rings. The SMILES string of the molecule is Cc1cc(O)c2c(c1O)C(=O)c1c(O)cc(O)c(O)c1C2=O. The number of hydrogen-bond acceptors (Lipinski definition) is 7. The molecule has 0 saturated carbocycles. The molecule has 112 valence electrons. The van der Waals surface area contributed by atoms with Crippen molar-refractivity contribution in [3.63, 3.8) is 0 Å². The molecule has 0 spiro atoms. The summed E-state index contributed by atoms with van der Waals surface area (Å²) in [5.74, 6) is -5.34. The molecule has 22 heavy (non-hydrogen) atoms. The van der Waals surface area contributed by atoms with E-state index < -0.39 is 62.6 Å². The van der Waals surface area contributed by atoms with Crippen LogP contribution in [0.2, 0.25) is 0 Å². The minimum atomic E-state index is -0.985. The average Bonchev–Trinajstić information content (AvgIpc) is 2.44. The molecule has 5 N–H and O–H groups in total. The second-order valence-electron chi connectivity index (χ2n) is 4.98. The molecule has 0 aromatic heterocycles. The van der Waals surface area contributed by atoms with Gasteiger partial charge in [0.2, 0.25) is 11.6 Å². The van der Waals surface area contributed by atoms with Crippen LogP contribution in [0.3, 0.4) is 0 Å². The Morgan fingerprint density at radius 3 is 1.64 bits per heavy atom. The van der Waals surface area contributed by atoms with Crippen LogP contribution in [-0.2, 0) is 0 Å². The van der Waals surface area contributed by atoms with Crippen LogP contribution in [0.25, 0.3) is 0 Å². The number of aryl methyl sites for hydroxylation is 1. The smallest absolute Gasteiger partial charge is 0.202 e. The highest BCUT2D eigenvalue weighted by Crippen LogP contribution is 2.46. The van der Waals surface area contributed by atoms with Crippen molar-refractivity contribution >= 4 is 11.6 Å². The molecule has 3 rings (SSSR count). The Bertz CT molecular complexity index is 807. The van der Waals surface area contributed by atoms with Crippen LogP contribution in [0.1, 0.15) is 37.4 Å². The van der Waals surface area contributed by atoms with E-state index in [1.807, 2.05) is 0 Å². The van der Waals surface area contributed by atoms with Gasteiger partial charge in [-0.1, -0.05) is 0 Å². The Labute approximate surface area is 123 Å². The highest BCUT2D eigenvalue weighted by molar-refractivity contribution is 6.32. The standard InChI is InChI=1S/C15H10O7/c1-4-2-5(16)8-10(12(4)19)14(21)9-6(17)3-7(18)13(20)11(9)15(8)22/h2-3,16-20H,1H3. The van der Waals surface area contributed by atoms with Crippen molar-refractivity contribution in [3.05, 3.63) is 39.9 Å². The lowest BCUT2D eigenvalue weighted by Gasteiger charge is -2.22. The summed E-state index contributed by atoms with van der Waals surface area (Å²) < 4.78 is 0.